The van der Waals surface area contributed by atoms with E-state index in [1.807, 2.05) is 5.32 Å². The number of nitrogens with one attached hydrogen (secondary N) is 2. The second kappa shape index (κ2) is 7.05. The van der Waals surface area contributed by atoms with Crippen LogP contribution in [0.4, 0.5) is 16.2 Å². The highest BCUT2D eigenvalue weighted by molar-refractivity contribution is 5.93. The van der Waals surface area contributed by atoms with Crippen molar-refractivity contribution < 1.29 is 29.5 Å². The fraction of sp³-hybridized carbons (Fsp3) is 0.273. The minimum absolute atomic E-state index is 0.00808. The molecule has 114 valence electrons. The van der Waals surface area contributed by atoms with Crippen LogP contribution in [0.5, 0.6) is 5.75 Å². The van der Waals surface area contributed by atoms with Crippen LogP contribution in [0.1, 0.15) is 0 Å². The molecule has 1 rings (SSSR count). The van der Waals surface area contributed by atoms with Gasteiger partial charge in [-0.15, -0.1) is 0 Å². The number of carboxylic acids is 1. The molecular weight excluding hydrogens is 286 g/mol. The SMILES string of the molecule is COc1ccc([N+](=O)[O-])cc1NC(=O)N[C@@H](CO)C(=O)O. The summed E-state index contributed by atoms with van der Waals surface area (Å²) in [5.41, 5.74) is -0.283. The number of non-ortho nitro benzene ring substituents is 1. The van der Waals surface area contributed by atoms with Gasteiger partial charge in [-0.3, -0.25) is 10.1 Å². The Bertz CT molecular complexity index is 561. The summed E-state index contributed by atoms with van der Waals surface area (Å²) in [7, 11) is 1.30. The number of hydrogen-bond donors (Lipinski definition) is 4. The number of carbonyl (C=O) groups excluding carboxylic acids is 1. The fourth-order valence-electron chi connectivity index (χ4n) is 1.41. The maximum atomic E-state index is 11.6. The van der Waals surface area contributed by atoms with Crippen molar-refractivity contribution in [2.24, 2.45) is 0 Å². The zero-order valence-electron chi connectivity index (χ0n) is 10.9. The maximum Gasteiger partial charge on any atom is 0.328 e. The molecule has 0 unspecified atom stereocenters. The third kappa shape index (κ3) is 4.31. The Hall–Kier alpha value is -2.88. The van der Waals surface area contributed by atoms with Crippen LogP contribution in [-0.2, 0) is 4.79 Å². The molecule has 1 aromatic rings. The van der Waals surface area contributed by atoms with Crippen LogP contribution < -0.4 is 15.4 Å². The minimum atomic E-state index is -1.49. The van der Waals surface area contributed by atoms with Gasteiger partial charge in [0.25, 0.3) is 5.69 Å². The third-order valence-corrected chi connectivity index (χ3v) is 2.43. The van der Waals surface area contributed by atoms with Crippen molar-refractivity contribution in [2.75, 3.05) is 19.0 Å². The topological polar surface area (TPSA) is 151 Å². The van der Waals surface area contributed by atoms with E-state index in [1.165, 1.54) is 19.2 Å². The number of carboxylic acid groups (broad SMARTS) is 1. The second-order valence-corrected chi connectivity index (χ2v) is 3.81. The molecule has 0 saturated heterocycles. The van der Waals surface area contributed by atoms with Gasteiger partial charge in [0.2, 0.25) is 0 Å². The molecule has 1 aromatic carbocycles. The van der Waals surface area contributed by atoms with Crippen LogP contribution >= 0.6 is 0 Å². The van der Waals surface area contributed by atoms with Crippen molar-refractivity contribution in [3.63, 3.8) is 0 Å². The number of aliphatic hydroxyl groups excluding tert-OH is 1. The summed E-state index contributed by atoms with van der Waals surface area (Å²) >= 11 is 0. The van der Waals surface area contributed by atoms with E-state index in [4.69, 9.17) is 14.9 Å². The normalized spacial score (nSPS) is 11.3. The van der Waals surface area contributed by atoms with Gasteiger partial charge in [-0.2, -0.15) is 0 Å². The second-order valence-electron chi connectivity index (χ2n) is 3.81. The Kier molecular flexibility index (Phi) is 5.43. The minimum Gasteiger partial charge on any atom is -0.495 e. The van der Waals surface area contributed by atoms with Crippen molar-refractivity contribution in [1.82, 2.24) is 5.32 Å². The average molecular weight is 299 g/mol. The number of methoxy groups -OCH3 is 1. The van der Waals surface area contributed by atoms with Gasteiger partial charge in [0.1, 0.15) is 5.75 Å². The Balaban J connectivity index is 2.90. The third-order valence-electron chi connectivity index (χ3n) is 2.43. The zero-order valence-corrected chi connectivity index (χ0v) is 10.9. The number of urea groups is 1. The molecule has 10 heteroatoms. The molecule has 0 fully saturated rings. The number of aliphatic hydroxyl groups is 1. The quantitative estimate of drug-likeness (QED) is 0.431. The molecule has 0 spiro atoms. The van der Waals surface area contributed by atoms with E-state index < -0.39 is 29.6 Å². The van der Waals surface area contributed by atoms with Crippen molar-refractivity contribution in [1.29, 1.82) is 0 Å². The van der Waals surface area contributed by atoms with Gasteiger partial charge in [0, 0.05) is 12.1 Å². The summed E-state index contributed by atoms with van der Waals surface area (Å²) in [6, 6.07) is 1.10. The van der Waals surface area contributed by atoms with Gasteiger partial charge in [-0.1, -0.05) is 0 Å². The van der Waals surface area contributed by atoms with E-state index in [0.29, 0.717) is 0 Å². The van der Waals surface area contributed by atoms with Crippen molar-refractivity contribution >= 4 is 23.4 Å². The number of hydrogen-bond acceptors (Lipinski definition) is 6. The molecule has 21 heavy (non-hydrogen) atoms. The number of nitrogens with zero attached hydrogens (tertiary/aromatic N) is 1. The lowest BCUT2D eigenvalue weighted by atomic mass is 10.2. The molecule has 0 aliphatic carbocycles. The number of benzene rings is 1. The number of amides is 2. The predicted molar refractivity (Wildman–Crippen MR) is 70.3 cm³/mol. The molecule has 4 N–H and O–H groups in total. The first-order valence-electron chi connectivity index (χ1n) is 5.62. The first-order valence-corrected chi connectivity index (χ1v) is 5.62. The van der Waals surface area contributed by atoms with Crippen LogP contribution in [0, 0.1) is 10.1 Å². The number of aliphatic carboxylic acids is 1. The number of ether oxygens (including phenoxy) is 1. The summed E-state index contributed by atoms with van der Waals surface area (Å²) in [4.78, 5) is 32.3. The van der Waals surface area contributed by atoms with Crippen molar-refractivity contribution in [3.05, 3.63) is 28.3 Å². The summed E-state index contributed by atoms with van der Waals surface area (Å²) in [6.07, 6.45) is 0. The van der Waals surface area contributed by atoms with E-state index in [9.17, 15) is 19.7 Å². The molecule has 0 heterocycles. The monoisotopic (exact) mass is 299 g/mol. The molecule has 1 atom stereocenters. The average Bonchev–Trinajstić information content (AvgIpc) is 2.44. The number of carbonyl (C=O) groups is 2. The van der Waals surface area contributed by atoms with Crippen LogP contribution in [0.3, 0.4) is 0 Å². The van der Waals surface area contributed by atoms with E-state index in [1.54, 1.807) is 0 Å². The van der Waals surface area contributed by atoms with Crippen LogP contribution in [0.25, 0.3) is 0 Å². The largest absolute Gasteiger partial charge is 0.495 e. The maximum absolute atomic E-state index is 11.6. The number of nitro benzene ring substituents is 1. The van der Waals surface area contributed by atoms with Gasteiger partial charge in [-0.25, -0.2) is 9.59 Å². The molecule has 0 saturated carbocycles. The summed E-state index contributed by atoms with van der Waals surface area (Å²) in [5, 5.41) is 32.4. The molecule has 0 aliphatic rings. The summed E-state index contributed by atoms with van der Waals surface area (Å²) < 4.78 is 4.93. The van der Waals surface area contributed by atoms with E-state index in [-0.39, 0.29) is 17.1 Å². The van der Waals surface area contributed by atoms with Crippen LogP contribution in [0.2, 0.25) is 0 Å². The van der Waals surface area contributed by atoms with Gasteiger partial charge in [0.15, 0.2) is 6.04 Å². The van der Waals surface area contributed by atoms with Crippen LogP contribution in [0.15, 0.2) is 18.2 Å². The first-order chi connectivity index (χ1) is 9.88. The number of nitro groups is 1. The van der Waals surface area contributed by atoms with Crippen molar-refractivity contribution in [3.8, 4) is 5.75 Å². The highest BCUT2D eigenvalue weighted by Crippen LogP contribution is 2.28. The standard InChI is InChI=1S/C11H13N3O7/c1-21-9-3-2-6(14(19)20)4-7(9)12-11(18)13-8(5-15)10(16)17/h2-4,8,15H,5H2,1H3,(H,16,17)(H2,12,13,18)/t8-/m0/s1. The molecular formula is C11H13N3O7. The molecule has 0 aliphatic heterocycles. The highest BCUT2D eigenvalue weighted by atomic mass is 16.6. The van der Waals surface area contributed by atoms with Crippen molar-refractivity contribution in [2.45, 2.75) is 6.04 Å². The smallest absolute Gasteiger partial charge is 0.328 e. The molecule has 0 radical (unpaired) electrons. The Morgan fingerprint density at radius 3 is 2.62 bits per heavy atom. The molecule has 0 bridgehead atoms. The van der Waals surface area contributed by atoms with Gasteiger partial charge < -0.3 is 25.6 Å². The number of rotatable bonds is 6. The fourth-order valence-corrected chi connectivity index (χ4v) is 1.41. The Morgan fingerprint density at radius 2 is 2.14 bits per heavy atom. The lowest BCUT2D eigenvalue weighted by Gasteiger charge is -2.14. The van der Waals surface area contributed by atoms with Gasteiger partial charge in [-0.05, 0) is 6.07 Å². The van der Waals surface area contributed by atoms with Crippen LogP contribution in [-0.4, -0.2) is 46.9 Å². The molecule has 2 amide bonds. The highest BCUT2D eigenvalue weighted by Gasteiger charge is 2.20. The zero-order chi connectivity index (χ0) is 16.0. The summed E-state index contributed by atoms with van der Waals surface area (Å²) in [6.45, 7) is -0.797. The van der Waals surface area contributed by atoms with Gasteiger partial charge in [0.05, 0.1) is 24.3 Å². The summed E-state index contributed by atoms with van der Waals surface area (Å²) in [5.74, 6) is -1.26. The molecule has 10 nitrogen and oxygen atoms in total. The van der Waals surface area contributed by atoms with E-state index >= 15 is 0 Å². The van der Waals surface area contributed by atoms with E-state index in [0.717, 1.165) is 6.07 Å². The Morgan fingerprint density at radius 1 is 1.48 bits per heavy atom. The Labute approximate surface area is 118 Å². The lowest BCUT2D eigenvalue weighted by Crippen LogP contribution is -2.45. The van der Waals surface area contributed by atoms with E-state index in [2.05, 4.69) is 5.32 Å². The lowest BCUT2D eigenvalue weighted by molar-refractivity contribution is -0.384. The van der Waals surface area contributed by atoms with Gasteiger partial charge >= 0.3 is 12.0 Å². The number of anilines is 1. The predicted octanol–water partition coefficient (Wildman–Crippen LogP) is 0.170. The first kappa shape index (κ1) is 16.2. The molecule has 0 aromatic heterocycles.